The molecule has 2 atom stereocenters. The van der Waals surface area contributed by atoms with Crippen molar-refractivity contribution in [3.8, 4) is 0 Å². The van der Waals surface area contributed by atoms with Crippen LogP contribution in [0.3, 0.4) is 0 Å². The zero-order valence-electron chi connectivity index (χ0n) is 9.97. The van der Waals surface area contributed by atoms with Crippen LogP contribution in [0.2, 0.25) is 0 Å². The van der Waals surface area contributed by atoms with E-state index in [-0.39, 0.29) is 16.9 Å². The molecule has 0 aliphatic rings. The van der Waals surface area contributed by atoms with Crippen LogP contribution in [0.1, 0.15) is 19.4 Å². The number of aliphatic hydroxyl groups excluding tert-OH is 2. The molecule has 0 aliphatic carbocycles. The van der Waals surface area contributed by atoms with Crippen molar-refractivity contribution in [3.05, 3.63) is 35.9 Å². The van der Waals surface area contributed by atoms with Gasteiger partial charge in [-0.25, -0.2) is 0 Å². The van der Waals surface area contributed by atoms with E-state index in [0.29, 0.717) is 6.54 Å². The van der Waals surface area contributed by atoms with Crippen molar-refractivity contribution in [1.82, 2.24) is 0 Å². The summed E-state index contributed by atoms with van der Waals surface area (Å²) in [5.74, 6) is 0. The van der Waals surface area contributed by atoms with E-state index in [0.717, 1.165) is 5.56 Å². The molecular weight excluding hydrogens is 226 g/mol. The SMILES string of the molecule is CC(O)[N+](C)(Cc1ccccc1)C(C)O.[Cl-]. The first-order valence-electron chi connectivity index (χ1n) is 5.22. The summed E-state index contributed by atoms with van der Waals surface area (Å²) < 4.78 is 0.212. The lowest BCUT2D eigenvalue weighted by molar-refractivity contribution is -1.00. The van der Waals surface area contributed by atoms with Gasteiger partial charge in [-0.1, -0.05) is 30.3 Å². The summed E-state index contributed by atoms with van der Waals surface area (Å²) in [6, 6.07) is 9.88. The van der Waals surface area contributed by atoms with Gasteiger partial charge in [0, 0.05) is 19.4 Å². The summed E-state index contributed by atoms with van der Waals surface area (Å²) in [6.07, 6.45) is -1.18. The first-order chi connectivity index (χ1) is 6.97. The molecule has 2 unspecified atom stereocenters. The van der Waals surface area contributed by atoms with E-state index in [1.807, 2.05) is 37.4 Å². The summed E-state index contributed by atoms with van der Waals surface area (Å²) in [6.45, 7) is 4.03. The molecule has 0 fully saturated rings. The molecule has 1 aromatic carbocycles. The minimum absolute atomic E-state index is 0. The van der Waals surface area contributed by atoms with Gasteiger partial charge in [0.05, 0.1) is 7.05 Å². The standard InChI is InChI=1S/C12H20NO2.ClH/c1-10(14)13(3,11(2)15)9-12-7-5-4-6-8-12;/h4-8,10-11,14-15H,9H2,1-3H3;1H/q+1;/p-1. The summed E-state index contributed by atoms with van der Waals surface area (Å²) >= 11 is 0. The molecule has 0 amide bonds. The van der Waals surface area contributed by atoms with Crippen molar-refractivity contribution >= 4 is 0 Å². The van der Waals surface area contributed by atoms with E-state index in [1.54, 1.807) is 13.8 Å². The Morgan fingerprint density at radius 2 is 1.50 bits per heavy atom. The van der Waals surface area contributed by atoms with E-state index in [9.17, 15) is 10.2 Å². The van der Waals surface area contributed by atoms with Crippen LogP contribution >= 0.6 is 0 Å². The molecule has 0 aromatic heterocycles. The predicted molar refractivity (Wildman–Crippen MR) is 59.7 cm³/mol. The third kappa shape index (κ3) is 3.46. The van der Waals surface area contributed by atoms with Gasteiger partial charge in [0.2, 0.25) is 0 Å². The fourth-order valence-electron chi connectivity index (χ4n) is 1.55. The van der Waals surface area contributed by atoms with Crippen LogP contribution in [-0.4, -0.2) is 34.2 Å². The molecule has 0 bridgehead atoms. The number of hydrogen-bond acceptors (Lipinski definition) is 2. The van der Waals surface area contributed by atoms with Crippen LogP contribution < -0.4 is 12.4 Å². The van der Waals surface area contributed by atoms with Crippen molar-refractivity contribution < 1.29 is 27.1 Å². The van der Waals surface area contributed by atoms with E-state index < -0.39 is 12.5 Å². The number of aliphatic hydroxyl groups is 2. The highest BCUT2D eigenvalue weighted by molar-refractivity contribution is 5.13. The number of nitrogens with zero attached hydrogens (tertiary/aromatic N) is 1. The maximum Gasteiger partial charge on any atom is 0.189 e. The van der Waals surface area contributed by atoms with Gasteiger partial charge in [0.25, 0.3) is 0 Å². The van der Waals surface area contributed by atoms with Crippen LogP contribution in [0.4, 0.5) is 0 Å². The number of quaternary nitrogens is 1. The van der Waals surface area contributed by atoms with Crippen molar-refractivity contribution in [3.63, 3.8) is 0 Å². The topological polar surface area (TPSA) is 40.5 Å². The lowest BCUT2D eigenvalue weighted by atomic mass is 10.2. The summed E-state index contributed by atoms with van der Waals surface area (Å²) in [7, 11) is 1.85. The molecule has 4 heteroatoms. The van der Waals surface area contributed by atoms with Crippen LogP contribution in [0.15, 0.2) is 30.3 Å². The highest BCUT2D eigenvalue weighted by Crippen LogP contribution is 2.18. The number of halogens is 1. The monoisotopic (exact) mass is 245 g/mol. The molecule has 92 valence electrons. The van der Waals surface area contributed by atoms with Gasteiger partial charge in [0.1, 0.15) is 6.54 Å². The Labute approximate surface area is 103 Å². The smallest absolute Gasteiger partial charge is 0.189 e. The minimum atomic E-state index is -0.592. The van der Waals surface area contributed by atoms with E-state index >= 15 is 0 Å². The molecule has 1 aromatic rings. The Morgan fingerprint density at radius 1 is 1.06 bits per heavy atom. The minimum Gasteiger partial charge on any atom is -1.00 e. The lowest BCUT2D eigenvalue weighted by Gasteiger charge is -2.39. The summed E-state index contributed by atoms with van der Waals surface area (Å²) in [5, 5.41) is 19.4. The van der Waals surface area contributed by atoms with Crippen molar-refractivity contribution in [1.29, 1.82) is 0 Å². The Bertz CT molecular complexity index is 293. The number of rotatable bonds is 4. The van der Waals surface area contributed by atoms with Crippen molar-refractivity contribution in [2.45, 2.75) is 32.8 Å². The van der Waals surface area contributed by atoms with Crippen molar-refractivity contribution in [2.24, 2.45) is 0 Å². The molecule has 0 saturated carbocycles. The fourth-order valence-corrected chi connectivity index (χ4v) is 1.55. The van der Waals surface area contributed by atoms with Crippen LogP contribution in [0, 0.1) is 0 Å². The second-order valence-corrected chi connectivity index (χ2v) is 4.25. The van der Waals surface area contributed by atoms with E-state index in [2.05, 4.69) is 0 Å². The Hall–Kier alpha value is -0.610. The van der Waals surface area contributed by atoms with Gasteiger partial charge in [-0.3, -0.25) is 4.48 Å². The van der Waals surface area contributed by atoms with Gasteiger partial charge in [-0.05, 0) is 0 Å². The molecular formula is C12H20ClNO2. The second-order valence-electron chi connectivity index (χ2n) is 4.25. The van der Waals surface area contributed by atoms with Gasteiger partial charge < -0.3 is 22.6 Å². The first-order valence-corrected chi connectivity index (χ1v) is 5.22. The third-order valence-corrected chi connectivity index (χ3v) is 3.07. The average Bonchev–Trinajstić information content (AvgIpc) is 2.18. The number of hydrogen-bond donors (Lipinski definition) is 2. The molecule has 0 radical (unpaired) electrons. The van der Waals surface area contributed by atoms with E-state index in [1.165, 1.54) is 0 Å². The quantitative estimate of drug-likeness (QED) is 0.491. The summed E-state index contributed by atoms with van der Waals surface area (Å²) in [5.41, 5.74) is 1.11. The molecule has 0 saturated heterocycles. The van der Waals surface area contributed by atoms with Gasteiger partial charge in [-0.2, -0.15) is 0 Å². The maximum atomic E-state index is 9.72. The predicted octanol–water partition coefficient (Wildman–Crippen LogP) is -1.69. The van der Waals surface area contributed by atoms with Crippen LogP contribution in [0.5, 0.6) is 0 Å². The van der Waals surface area contributed by atoms with Crippen LogP contribution in [0.25, 0.3) is 0 Å². The van der Waals surface area contributed by atoms with Crippen LogP contribution in [-0.2, 0) is 6.54 Å². The second kappa shape index (κ2) is 6.21. The van der Waals surface area contributed by atoms with Gasteiger partial charge in [-0.15, -0.1) is 0 Å². The Balaban J connectivity index is 0.00000225. The molecule has 3 nitrogen and oxygen atoms in total. The molecule has 0 spiro atoms. The molecule has 1 rings (SSSR count). The Kier molecular flexibility index (Phi) is 5.97. The zero-order chi connectivity index (χ0) is 11.5. The molecule has 0 aliphatic heterocycles. The largest absolute Gasteiger partial charge is 1.00 e. The fraction of sp³-hybridized carbons (Fsp3) is 0.500. The molecule has 16 heavy (non-hydrogen) atoms. The first kappa shape index (κ1) is 15.4. The summed E-state index contributed by atoms with van der Waals surface area (Å²) in [4.78, 5) is 0. The third-order valence-electron chi connectivity index (χ3n) is 3.07. The van der Waals surface area contributed by atoms with Crippen molar-refractivity contribution in [2.75, 3.05) is 7.05 Å². The molecule has 0 heterocycles. The maximum absolute atomic E-state index is 9.72. The Morgan fingerprint density at radius 3 is 1.88 bits per heavy atom. The highest BCUT2D eigenvalue weighted by Gasteiger charge is 2.32. The average molecular weight is 246 g/mol. The number of benzene rings is 1. The highest BCUT2D eigenvalue weighted by atomic mass is 35.5. The van der Waals surface area contributed by atoms with Gasteiger partial charge in [0.15, 0.2) is 12.5 Å². The zero-order valence-corrected chi connectivity index (χ0v) is 10.7. The molecule has 2 N–H and O–H groups in total. The van der Waals surface area contributed by atoms with E-state index in [4.69, 9.17) is 0 Å². The normalized spacial score (nSPS) is 18.1. The lowest BCUT2D eigenvalue weighted by Crippen LogP contribution is -3.00. The van der Waals surface area contributed by atoms with Gasteiger partial charge >= 0.3 is 0 Å².